The van der Waals surface area contributed by atoms with Crippen molar-refractivity contribution >= 4 is 16.0 Å². The number of aryl methyl sites for hydroxylation is 2. The number of benzene rings is 1. The van der Waals surface area contributed by atoms with Crippen LogP contribution in [0, 0.1) is 13.8 Å². The van der Waals surface area contributed by atoms with Crippen molar-refractivity contribution in [1.29, 1.82) is 0 Å². The molecule has 0 spiro atoms. The molecule has 7 heteroatoms. The van der Waals surface area contributed by atoms with Gasteiger partial charge in [-0.2, -0.15) is 0 Å². The van der Waals surface area contributed by atoms with Crippen LogP contribution in [0.4, 0.5) is 0 Å². The van der Waals surface area contributed by atoms with Crippen molar-refractivity contribution in [2.24, 2.45) is 5.73 Å². The van der Waals surface area contributed by atoms with Crippen LogP contribution in [-0.2, 0) is 14.9 Å². The summed E-state index contributed by atoms with van der Waals surface area (Å²) in [6, 6.07) is 4.55. The summed E-state index contributed by atoms with van der Waals surface area (Å²) >= 11 is 0. The van der Waals surface area contributed by atoms with Crippen molar-refractivity contribution in [3.8, 4) is 0 Å². The van der Waals surface area contributed by atoms with Crippen LogP contribution < -0.4 is 35.3 Å². The maximum Gasteiger partial charge on any atom is 1.00 e. The van der Waals surface area contributed by atoms with E-state index >= 15 is 0 Å². The van der Waals surface area contributed by atoms with E-state index in [0.717, 1.165) is 11.1 Å². The zero-order valence-corrected chi connectivity index (χ0v) is 12.7. The Bertz CT molecular complexity index is 527. The summed E-state index contributed by atoms with van der Waals surface area (Å²) in [4.78, 5) is 11.0. The topological polar surface area (TPSA) is 100 Å². The molecule has 1 unspecified atom stereocenters. The molecule has 1 rings (SSSR count). The molecule has 1 aromatic rings. The maximum absolute atomic E-state index is 11.0. The van der Waals surface area contributed by atoms with Crippen molar-refractivity contribution < 1.29 is 47.3 Å². The number of amides is 1. The number of rotatable bonds is 3. The minimum Gasteiger partial charge on any atom is -0.747 e. The molecule has 0 fully saturated rings. The monoisotopic (exact) mass is 265 g/mol. The Balaban J connectivity index is 0.00000256. The van der Waals surface area contributed by atoms with Crippen molar-refractivity contribution in [2.45, 2.75) is 19.1 Å². The molecule has 1 atom stereocenters. The van der Waals surface area contributed by atoms with Crippen LogP contribution in [0.1, 0.15) is 21.9 Å². The summed E-state index contributed by atoms with van der Waals surface area (Å²) in [5.41, 5.74) is 6.78. The van der Waals surface area contributed by atoms with Gasteiger partial charge in [0.25, 0.3) is 0 Å². The molecule has 0 bridgehead atoms. The molecule has 0 saturated carbocycles. The van der Waals surface area contributed by atoms with Crippen molar-refractivity contribution in [3.63, 3.8) is 0 Å². The van der Waals surface area contributed by atoms with E-state index in [4.69, 9.17) is 5.73 Å². The van der Waals surface area contributed by atoms with Gasteiger partial charge in [-0.15, -0.1) is 0 Å². The van der Waals surface area contributed by atoms with E-state index in [9.17, 15) is 17.8 Å². The Morgan fingerprint density at radius 1 is 1.29 bits per heavy atom. The summed E-state index contributed by atoms with van der Waals surface area (Å²) < 4.78 is 32.7. The van der Waals surface area contributed by atoms with E-state index < -0.39 is 21.3 Å². The predicted octanol–water partition coefficient (Wildman–Crippen LogP) is -2.62. The molecule has 2 N–H and O–H groups in total. The van der Waals surface area contributed by atoms with E-state index in [2.05, 4.69) is 0 Å². The number of primary amides is 1. The van der Waals surface area contributed by atoms with Crippen LogP contribution in [0.3, 0.4) is 0 Å². The van der Waals surface area contributed by atoms with Gasteiger partial charge in [0, 0.05) is 0 Å². The number of hydrogen-bond acceptors (Lipinski definition) is 4. The molecule has 1 amide bonds. The van der Waals surface area contributed by atoms with E-state index in [-0.39, 0.29) is 35.1 Å². The van der Waals surface area contributed by atoms with Crippen LogP contribution in [0.2, 0.25) is 0 Å². The third kappa shape index (κ3) is 4.08. The summed E-state index contributed by atoms with van der Waals surface area (Å²) in [6.07, 6.45) is 0. The molecule has 5 nitrogen and oxygen atoms in total. The van der Waals surface area contributed by atoms with Crippen molar-refractivity contribution in [1.82, 2.24) is 0 Å². The van der Waals surface area contributed by atoms with Crippen LogP contribution >= 0.6 is 0 Å². The first-order valence-electron chi connectivity index (χ1n) is 4.54. The average molecular weight is 265 g/mol. The molecule has 0 aliphatic heterocycles. The maximum atomic E-state index is 11.0. The van der Waals surface area contributed by atoms with E-state index in [0.29, 0.717) is 0 Å². The predicted molar refractivity (Wildman–Crippen MR) is 57.5 cm³/mol. The van der Waals surface area contributed by atoms with Crippen molar-refractivity contribution in [2.75, 3.05) is 0 Å². The summed E-state index contributed by atoms with van der Waals surface area (Å²) in [5.74, 6) is -1.15. The zero-order chi connectivity index (χ0) is 12.5. The molecule has 0 radical (unpaired) electrons. The summed E-state index contributed by atoms with van der Waals surface area (Å²) in [6.45, 7) is 3.60. The van der Waals surface area contributed by atoms with Crippen LogP contribution in [0.25, 0.3) is 0 Å². The van der Waals surface area contributed by atoms with E-state index in [1.165, 1.54) is 12.1 Å². The average Bonchev–Trinajstić information content (AvgIpc) is 2.08. The van der Waals surface area contributed by atoms with Gasteiger partial charge in [0.1, 0.15) is 10.1 Å². The van der Waals surface area contributed by atoms with Crippen molar-refractivity contribution in [3.05, 3.63) is 34.9 Å². The first kappa shape index (κ1) is 16.6. The fourth-order valence-corrected chi connectivity index (χ4v) is 2.17. The number of nitrogens with two attached hydrogens (primary N) is 1. The fourth-order valence-electron chi connectivity index (χ4n) is 1.40. The second kappa shape index (κ2) is 5.97. The fraction of sp³-hybridized carbons (Fsp3) is 0.300. The van der Waals surface area contributed by atoms with Gasteiger partial charge in [0.2, 0.25) is 5.91 Å². The second-order valence-corrected chi connectivity index (χ2v) is 5.08. The van der Waals surface area contributed by atoms with Gasteiger partial charge in [0.15, 0.2) is 5.25 Å². The molecule has 88 valence electrons. The molecular formula is C10H12NNaO4S. The molecular weight excluding hydrogens is 253 g/mol. The minimum atomic E-state index is -4.77. The first-order valence-corrected chi connectivity index (χ1v) is 6.02. The van der Waals surface area contributed by atoms with Gasteiger partial charge in [-0.25, -0.2) is 8.42 Å². The quantitative estimate of drug-likeness (QED) is 0.477. The SMILES string of the molecule is Cc1ccc(C(C(N)=O)S(=O)(=O)[O-])cc1C.[Na+]. The van der Waals surface area contributed by atoms with Gasteiger partial charge < -0.3 is 10.3 Å². The standard InChI is InChI=1S/C10H13NO4S.Na/c1-6-3-4-8(5-7(6)2)9(10(11)12)16(13,14)15;/h3-5,9H,1-2H3,(H2,11,12)(H,13,14,15);/q;+1/p-1. The number of carbonyl (C=O) groups excluding carboxylic acids is 1. The van der Waals surface area contributed by atoms with Gasteiger partial charge >= 0.3 is 29.6 Å². The molecule has 0 saturated heterocycles. The van der Waals surface area contributed by atoms with Crippen LogP contribution in [0.5, 0.6) is 0 Å². The normalized spacial score (nSPS) is 12.6. The molecule has 17 heavy (non-hydrogen) atoms. The van der Waals surface area contributed by atoms with E-state index in [1.807, 2.05) is 6.92 Å². The summed E-state index contributed by atoms with van der Waals surface area (Å²) in [5, 5.41) is -1.81. The third-order valence-corrected chi connectivity index (χ3v) is 3.46. The Labute approximate surface area is 122 Å². The zero-order valence-electron chi connectivity index (χ0n) is 9.93. The third-order valence-electron chi connectivity index (χ3n) is 2.38. The van der Waals surface area contributed by atoms with E-state index in [1.54, 1.807) is 13.0 Å². The largest absolute Gasteiger partial charge is 1.00 e. The second-order valence-electron chi connectivity index (χ2n) is 3.62. The Morgan fingerprint density at radius 3 is 2.18 bits per heavy atom. The summed E-state index contributed by atoms with van der Waals surface area (Å²) in [7, 11) is -4.77. The van der Waals surface area contributed by atoms with Gasteiger partial charge in [-0.1, -0.05) is 18.2 Å². The number of hydrogen-bond donors (Lipinski definition) is 1. The molecule has 0 aliphatic carbocycles. The van der Waals surface area contributed by atoms with Gasteiger partial charge in [-0.3, -0.25) is 4.79 Å². The molecule has 1 aromatic carbocycles. The minimum absolute atomic E-state index is 0. The molecule has 0 heterocycles. The molecule has 0 aromatic heterocycles. The van der Waals surface area contributed by atoms with Crippen LogP contribution in [0.15, 0.2) is 18.2 Å². The smallest absolute Gasteiger partial charge is 0.747 e. The Morgan fingerprint density at radius 2 is 1.82 bits per heavy atom. The Hall–Kier alpha value is -0.400. The van der Waals surface area contributed by atoms with Gasteiger partial charge in [-0.05, 0) is 30.5 Å². The Kier molecular flexibility index (Phi) is 5.83. The van der Waals surface area contributed by atoms with Crippen LogP contribution in [-0.4, -0.2) is 18.9 Å². The first-order chi connectivity index (χ1) is 7.23. The van der Waals surface area contributed by atoms with Gasteiger partial charge in [0.05, 0.1) is 0 Å². The molecule has 0 aliphatic rings. The number of carbonyl (C=O) groups is 1.